The molecule has 0 radical (unpaired) electrons. The normalized spacial score (nSPS) is 16.0. The Hall–Kier alpha value is -0.750. The smallest absolute Gasteiger partial charge is 0.319 e. The monoisotopic (exact) mass is 502 g/mol. The number of esters is 2. The largest absolute Gasteiger partial charge is 0.465 e. The second-order valence-corrected chi connectivity index (χ2v) is 14.8. The number of carbonyl (C=O) groups is 2. The third kappa shape index (κ3) is 14.0. The van der Waals surface area contributed by atoms with E-state index in [1.165, 1.54) is 11.8 Å². The molecule has 0 heterocycles. The van der Waals surface area contributed by atoms with Crippen LogP contribution in [0.1, 0.15) is 116 Å². The number of hydrogen-bond donors (Lipinski definition) is 0. The van der Waals surface area contributed by atoms with E-state index in [9.17, 15) is 9.59 Å². The van der Waals surface area contributed by atoms with Crippen LogP contribution in [0.15, 0.2) is 0 Å². The molecular formula is C28H54O5S. The number of ether oxygens (including phenoxy) is 3. The zero-order chi connectivity index (χ0) is 27.0. The van der Waals surface area contributed by atoms with Crippen molar-refractivity contribution in [2.45, 2.75) is 132 Å². The van der Waals surface area contributed by atoms with Crippen molar-refractivity contribution in [3.63, 3.8) is 0 Å². The number of unbranched alkanes of at least 4 members (excludes halogenated alkanes) is 1. The van der Waals surface area contributed by atoms with E-state index in [0.29, 0.717) is 31.8 Å². The van der Waals surface area contributed by atoms with E-state index in [4.69, 9.17) is 14.2 Å². The maximum atomic E-state index is 13.6. The molecule has 0 saturated carbocycles. The van der Waals surface area contributed by atoms with Crippen LogP contribution in [-0.2, 0) is 23.8 Å². The summed E-state index contributed by atoms with van der Waals surface area (Å²) in [4.78, 5) is 26.5. The predicted molar refractivity (Wildman–Crippen MR) is 144 cm³/mol. The Balaban J connectivity index is 5.55. The van der Waals surface area contributed by atoms with E-state index in [1.54, 1.807) is 0 Å². The van der Waals surface area contributed by atoms with Crippen molar-refractivity contribution in [1.29, 1.82) is 0 Å². The summed E-state index contributed by atoms with van der Waals surface area (Å²) >= 11 is 1.52. The van der Waals surface area contributed by atoms with Gasteiger partial charge in [0.15, 0.2) is 0 Å². The molecule has 6 heteroatoms. The first-order chi connectivity index (χ1) is 15.1. The van der Waals surface area contributed by atoms with E-state index in [2.05, 4.69) is 27.7 Å². The second-order valence-electron chi connectivity index (χ2n) is 13.7. The Morgan fingerprint density at radius 2 is 1.41 bits per heavy atom. The lowest BCUT2D eigenvalue weighted by atomic mass is 9.76. The molecule has 0 aromatic rings. The molecule has 34 heavy (non-hydrogen) atoms. The molecule has 2 atom stereocenters. The van der Waals surface area contributed by atoms with Crippen LogP contribution >= 0.6 is 11.8 Å². The quantitative estimate of drug-likeness (QED) is 0.192. The van der Waals surface area contributed by atoms with Gasteiger partial charge in [-0.3, -0.25) is 9.59 Å². The molecule has 0 fully saturated rings. The number of thioether (sulfide) groups is 1. The zero-order valence-corrected chi connectivity index (χ0v) is 25.3. The summed E-state index contributed by atoms with van der Waals surface area (Å²) in [6, 6.07) is 0. The van der Waals surface area contributed by atoms with E-state index in [-0.39, 0.29) is 33.6 Å². The van der Waals surface area contributed by atoms with E-state index >= 15 is 0 Å². The maximum absolute atomic E-state index is 13.6. The summed E-state index contributed by atoms with van der Waals surface area (Å²) in [6.45, 7) is 27.4. The topological polar surface area (TPSA) is 61.8 Å². The van der Waals surface area contributed by atoms with Crippen molar-refractivity contribution in [2.24, 2.45) is 16.2 Å². The molecule has 0 saturated heterocycles. The molecule has 202 valence electrons. The highest BCUT2D eigenvalue weighted by Gasteiger charge is 2.43. The Morgan fingerprint density at radius 1 is 0.853 bits per heavy atom. The van der Waals surface area contributed by atoms with E-state index in [0.717, 1.165) is 12.8 Å². The number of carbonyl (C=O) groups excluding carboxylic acids is 2. The van der Waals surface area contributed by atoms with Gasteiger partial charge in [0, 0.05) is 12.2 Å². The van der Waals surface area contributed by atoms with Gasteiger partial charge in [-0.15, -0.1) is 11.8 Å². The van der Waals surface area contributed by atoms with Gasteiger partial charge >= 0.3 is 11.9 Å². The Bertz CT molecular complexity index is 637. The van der Waals surface area contributed by atoms with Crippen molar-refractivity contribution in [1.82, 2.24) is 0 Å². The van der Waals surface area contributed by atoms with Crippen LogP contribution in [0.4, 0.5) is 0 Å². The van der Waals surface area contributed by atoms with Crippen LogP contribution < -0.4 is 0 Å². The Kier molecular flexibility index (Phi) is 12.7. The summed E-state index contributed by atoms with van der Waals surface area (Å²) in [5.41, 5.74) is -1.98. The average molecular weight is 503 g/mol. The van der Waals surface area contributed by atoms with Crippen LogP contribution in [0.25, 0.3) is 0 Å². The first-order valence-electron chi connectivity index (χ1n) is 12.8. The molecule has 0 spiro atoms. The molecule has 0 aliphatic heterocycles. The van der Waals surface area contributed by atoms with Crippen molar-refractivity contribution < 1.29 is 23.8 Å². The first-order valence-corrected chi connectivity index (χ1v) is 13.8. The fraction of sp³-hybridized carbons (Fsp3) is 0.929. The van der Waals surface area contributed by atoms with Gasteiger partial charge in [-0.2, -0.15) is 0 Å². The highest BCUT2D eigenvalue weighted by atomic mass is 32.2. The molecule has 5 nitrogen and oxygen atoms in total. The molecule has 0 aliphatic rings. The summed E-state index contributed by atoms with van der Waals surface area (Å²) in [6.07, 6.45) is 3.10. The lowest BCUT2D eigenvalue weighted by Crippen LogP contribution is -2.43. The molecule has 0 aromatic heterocycles. The van der Waals surface area contributed by atoms with Gasteiger partial charge in [0.05, 0.1) is 24.2 Å². The standard InChI is InChI=1S/C28H54O5S/c1-14-15-17-31-22(29)21(25(5,6)7)34-20-28(13,19-24(2,3)4)23(30)33-27(11,12)16-18-32-26(8,9)10/h21H,14-20H2,1-13H3. The predicted octanol–water partition coefficient (Wildman–Crippen LogP) is 7.45. The van der Waals surface area contributed by atoms with Gasteiger partial charge < -0.3 is 14.2 Å². The van der Waals surface area contributed by atoms with Crippen LogP contribution in [0, 0.1) is 16.2 Å². The van der Waals surface area contributed by atoms with Gasteiger partial charge in [-0.1, -0.05) is 54.9 Å². The SMILES string of the molecule is CCCCOC(=O)C(SCC(C)(CC(C)(C)C)C(=O)OC(C)(C)CCOC(C)(C)C)C(C)(C)C. The second kappa shape index (κ2) is 13.0. The first kappa shape index (κ1) is 33.2. The minimum atomic E-state index is -0.738. The highest BCUT2D eigenvalue weighted by molar-refractivity contribution is 8.00. The number of rotatable bonds is 13. The molecule has 0 N–H and O–H groups in total. The Labute approximate surface area is 214 Å². The summed E-state index contributed by atoms with van der Waals surface area (Å²) in [5, 5.41) is -0.357. The van der Waals surface area contributed by atoms with Gasteiger partial charge in [-0.05, 0) is 65.2 Å². The van der Waals surface area contributed by atoms with Gasteiger partial charge in [0.2, 0.25) is 0 Å². The van der Waals surface area contributed by atoms with Gasteiger partial charge in [-0.25, -0.2) is 0 Å². The summed E-state index contributed by atoms with van der Waals surface area (Å²) in [7, 11) is 0. The molecule has 0 bridgehead atoms. The van der Waals surface area contributed by atoms with Crippen LogP contribution in [0.2, 0.25) is 0 Å². The van der Waals surface area contributed by atoms with Crippen LogP contribution in [-0.4, -0.2) is 47.4 Å². The average Bonchev–Trinajstić information content (AvgIpc) is 2.57. The fourth-order valence-electron chi connectivity index (χ4n) is 3.71. The van der Waals surface area contributed by atoms with E-state index < -0.39 is 11.0 Å². The van der Waals surface area contributed by atoms with Crippen molar-refractivity contribution in [3.05, 3.63) is 0 Å². The molecule has 0 rings (SSSR count). The van der Waals surface area contributed by atoms with Crippen molar-refractivity contribution in [3.8, 4) is 0 Å². The maximum Gasteiger partial charge on any atom is 0.319 e. The molecule has 0 aromatic carbocycles. The van der Waals surface area contributed by atoms with Gasteiger partial charge in [0.25, 0.3) is 0 Å². The molecule has 0 amide bonds. The summed E-state index contributed by atoms with van der Waals surface area (Å²) in [5.74, 6) is 0.0717. The lowest BCUT2D eigenvalue weighted by molar-refractivity contribution is -0.171. The highest BCUT2D eigenvalue weighted by Crippen LogP contribution is 2.42. The zero-order valence-electron chi connectivity index (χ0n) is 24.5. The van der Waals surface area contributed by atoms with E-state index in [1.807, 2.05) is 62.3 Å². The minimum absolute atomic E-state index is 0.0767. The third-order valence-electron chi connectivity index (χ3n) is 5.33. The Morgan fingerprint density at radius 3 is 1.85 bits per heavy atom. The fourth-order valence-corrected chi connectivity index (χ4v) is 5.17. The van der Waals surface area contributed by atoms with Gasteiger partial charge in [0.1, 0.15) is 10.9 Å². The van der Waals surface area contributed by atoms with Crippen molar-refractivity contribution in [2.75, 3.05) is 19.0 Å². The minimum Gasteiger partial charge on any atom is -0.465 e. The lowest BCUT2D eigenvalue weighted by Gasteiger charge is -2.38. The number of hydrogen-bond acceptors (Lipinski definition) is 6. The third-order valence-corrected chi connectivity index (χ3v) is 7.37. The molecule has 2 unspecified atom stereocenters. The molecular weight excluding hydrogens is 448 g/mol. The summed E-state index contributed by atoms with van der Waals surface area (Å²) < 4.78 is 17.5. The molecule has 0 aliphatic carbocycles. The van der Waals surface area contributed by atoms with Crippen LogP contribution in [0.3, 0.4) is 0 Å². The van der Waals surface area contributed by atoms with Crippen LogP contribution in [0.5, 0.6) is 0 Å². The van der Waals surface area contributed by atoms with Crippen molar-refractivity contribution >= 4 is 23.7 Å².